The number of carbonyl (C=O) groups excluding carboxylic acids is 3. The van der Waals surface area contributed by atoms with Crippen LogP contribution in [0.1, 0.15) is 56.0 Å². The van der Waals surface area contributed by atoms with Crippen LogP contribution in [0.15, 0.2) is 18.2 Å². The molecule has 1 unspecified atom stereocenters. The average Bonchev–Trinajstić information content (AvgIpc) is 2.49. The van der Waals surface area contributed by atoms with E-state index < -0.39 is 41.9 Å². The van der Waals surface area contributed by atoms with Crippen molar-refractivity contribution in [3.63, 3.8) is 0 Å². The third kappa shape index (κ3) is 6.84. The quantitative estimate of drug-likeness (QED) is 0.349. The first-order valence-corrected chi connectivity index (χ1v) is 8.19. The van der Waals surface area contributed by atoms with Gasteiger partial charge in [-0.3, -0.25) is 9.59 Å². The summed E-state index contributed by atoms with van der Waals surface area (Å²) in [6.45, 7) is 5.72. The van der Waals surface area contributed by atoms with E-state index >= 15 is 0 Å². The van der Waals surface area contributed by atoms with E-state index in [2.05, 4.69) is 0 Å². The molecular weight excluding hydrogens is 389 g/mol. The van der Waals surface area contributed by atoms with Gasteiger partial charge in [-0.15, -0.1) is 0 Å². The fourth-order valence-corrected chi connectivity index (χ4v) is 2.41. The third-order valence-corrected chi connectivity index (χ3v) is 3.68. The van der Waals surface area contributed by atoms with Crippen LogP contribution < -0.4 is 5.84 Å². The van der Waals surface area contributed by atoms with Crippen LogP contribution >= 0.6 is 11.6 Å². The van der Waals surface area contributed by atoms with Gasteiger partial charge in [-0.1, -0.05) is 11.6 Å². The van der Waals surface area contributed by atoms with E-state index in [4.69, 9.17) is 22.2 Å². The third-order valence-electron chi connectivity index (χ3n) is 3.34. The molecule has 1 rings (SSSR count). The van der Waals surface area contributed by atoms with Crippen LogP contribution in [-0.2, 0) is 9.53 Å². The number of alkyl halides is 3. The summed E-state index contributed by atoms with van der Waals surface area (Å²) in [4.78, 5) is 36.0. The van der Waals surface area contributed by atoms with Gasteiger partial charge in [0, 0.05) is 10.6 Å². The molecule has 0 heterocycles. The molecular formula is C17H20ClF3N2O4. The molecule has 0 fully saturated rings. The van der Waals surface area contributed by atoms with E-state index in [1.54, 1.807) is 0 Å². The monoisotopic (exact) mass is 408 g/mol. The molecule has 1 atom stereocenters. The lowest BCUT2D eigenvalue weighted by Crippen LogP contribution is -2.48. The number of carbonyl (C=O) groups is 3. The maximum Gasteiger partial charge on any atom is 0.431 e. The SMILES string of the molecule is CC(=O)c1ccc(Cl)c(C(CC(F)(F)F)C(=O)N(N)C(=O)OC(C)(C)C)c1. The zero-order valence-corrected chi connectivity index (χ0v) is 15.9. The highest BCUT2D eigenvalue weighted by Crippen LogP contribution is 2.36. The molecule has 2 amide bonds. The molecule has 0 aromatic heterocycles. The molecule has 0 aliphatic rings. The molecule has 0 aliphatic heterocycles. The Morgan fingerprint density at radius 1 is 1.22 bits per heavy atom. The number of rotatable bonds is 4. The van der Waals surface area contributed by atoms with E-state index in [9.17, 15) is 27.6 Å². The molecule has 0 saturated carbocycles. The number of Topliss-reactive ketones (excluding diaryl/α,β-unsaturated/α-hetero) is 1. The summed E-state index contributed by atoms with van der Waals surface area (Å²) in [5.41, 5.74) is -1.21. The highest BCUT2D eigenvalue weighted by atomic mass is 35.5. The summed E-state index contributed by atoms with van der Waals surface area (Å²) in [5.74, 6) is 1.70. The minimum absolute atomic E-state index is 0.0155. The molecule has 2 N–H and O–H groups in total. The first-order valence-electron chi connectivity index (χ1n) is 7.81. The van der Waals surface area contributed by atoms with Gasteiger partial charge in [-0.25, -0.2) is 10.6 Å². The number of benzene rings is 1. The summed E-state index contributed by atoms with van der Waals surface area (Å²) in [6.07, 6.45) is -7.69. The minimum atomic E-state index is -4.76. The van der Waals surface area contributed by atoms with Crippen molar-refractivity contribution in [2.24, 2.45) is 5.84 Å². The topological polar surface area (TPSA) is 89.7 Å². The number of ketones is 1. The van der Waals surface area contributed by atoms with Crippen molar-refractivity contribution in [1.82, 2.24) is 5.01 Å². The van der Waals surface area contributed by atoms with Gasteiger partial charge in [0.25, 0.3) is 5.91 Å². The van der Waals surface area contributed by atoms with Crippen LogP contribution in [-0.4, -0.2) is 34.6 Å². The number of halogens is 4. The minimum Gasteiger partial charge on any atom is -0.442 e. The normalized spacial score (nSPS) is 13.1. The molecule has 10 heteroatoms. The van der Waals surface area contributed by atoms with Crippen LogP contribution in [0.4, 0.5) is 18.0 Å². The Balaban J connectivity index is 3.33. The number of hydrogen-bond donors (Lipinski definition) is 1. The predicted molar refractivity (Wildman–Crippen MR) is 92.1 cm³/mol. The Morgan fingerprint density at radius 3 is 2.22 bits per heavy atom. The average molecular weight is 409 g/mol. The second-order valence-corrected chi connectivity index (χ2v) is 7.26. The van der Waals surface area contributed by atoms with Crippen LogP contribution in [0, 0.1) is 0 Å². The number of nitrogens with zero attached hydrogens (tertiary/aromatic N) is 1. The van der Waals surface area contributed by atoms with Gasteiger partial charge >= 0.3 is 12.3 Å². The van der Waals surface area contributed by atoms with Gasteiger partial charge in [-0.2, -0.15) is 18.2 Å². The first kappa shape index (κ1) is 22.9. The summed E-state index contributed by atoms with van der Waals surface area (Å²) in [5, 5.41) is -0.182. The Hall–Kier alpha value is -2.13. The van der Waals surface area contributed by atoms with Gasteiger partial charge in [0.1, 0.15) is 5.60 Å². The van der Waals surface area contributed by atoms with Crippen molar-refractivity contribution in [3.8, 4) is 0 Å². The van der Waals surface area contributed by atoms with Crippen molar-refractivity contribution < 1.29 is 32.3 Å². The highest BCUT2D eigenvalue weighted by molar-refractivity contribution is 6.31. The van der Waals surface area contributed by atoms with Crippen LogP contribution in [0.2, 0.25) is 5.02 Å². The van der Waals surface area contributed by atoms with Gasteiger partial charge in [0.05, 0.1) is 12.3 Å². The lowest BCUT2D eigenvalue weighted by atomic mass is 9.92. The van der Waals surface area contributed by atoms with Crippen molar-refractivity contribution in [1.29, 1.82) is 0 Å². The lowest BCUT2D eigenvalue weighted by molar-refractivity contribution is -0.152. The Morgan fingerprint density at radius 2 is 1.78 bits per heavy atom. The van der Waals surface area contributed by atoms with Crippen molar-refractivity contribution in [2.45, 2.75) is 51.8 Å². The molecule has 0 saturated heterocycles. The highest BCUT2D eigenvalue weighted by Gasteiger charge is 2.40. The van der Waals surface area contributed by atoms with Gasteiger partial charge < -0.3 is 4.74 Å². The molecule has 0 spiro atoms. The van der Waals surface area contributed by atoms with E-state index in [0.29, 0.717) is 0 Å². The molecule has 1 aromatic rings. The lowest BCUT2D eigenvalue weighted by Gasteiger charge is -2.27. The van der Waals surface area contributed by atoms with Crippen molar-refractivity contribution in [3.05, 3.63) is 34.3 Å². The number of amides is 2. The number of imide groups is 1. The zero-order valence-electron chi connectivity index (χ0n) is 15.2. The maximum atomic E-state index is 13.0. The van der Waals surface area contributed by atoms with Crippen molar-refractivity contribution in [2.75, 3.05) is 0 Å². The molecule has 1 aromatic carbocycles. The van der Waals surface area contributed by atoms with Gasteiger partial charge in [0.2, 0.25) is 0 Å². The summed E-state index contributed by atoms with van der Waals surface area (Å²) in [6, 6.07) is 3.61. The fraction of sp³-hybridized carbons (Fsp3) is 0.471. The number of hydrogen-bond acceptors (Lipinski definition) is 5. The van der Waals surface area contributed by atoms with Gasteiger partial charge in [-0.05, 0) is 51.5 Å². The Bertz CT molecular complexity index is 745. The second-order valence-electron chi connectivity index (χ2n) is 6.85. The molecule has 0 bridgehead atoms. The predicted octanol–water partition coefficient (Wildman–Crippen LogP) is 4.22. The van der Waals surface area contributed by atoms with Gasteiger partial charge in [0.15, 0.2) is 5.78 Å². The second kappa shape index (κ2) is 8.26. The van der Waals surface area contributed by atoms with E-state index in [0.717, 1.165) is 6.07 Å². The number of nitrogens with two attached hydrogens (primary N) is 1. The molecule has 0 radical (unpaired) electrons. The van der Waals surface area contributed by atoms with E-state index in [-0.39, 0.29) is 21.2 Å². The maximum absolute atomic E-state index is 13.0. The van der Waals surface area contributed by atoms with Crippen LogP contribution in [0.25, 0.3) is 0 Å². The zero-order chi connectivity index (χ0) is 21.2. The van der Waals surface area contributed by atoms with Crippen molar-refractivity contribution >= 4 is 29.4 Å². The van der Waals surface area contributed by atoms with E-state index in [1.807, 2.05) is 0 Å². The smallest absolute Gasteiger partial charge is 0.431 e. The van der Waals surface area contributed by atoms with Crippen LogP contribution in [0.5, 0.6) is 0 Å². The molecule has 0 aliphatic carbocycles. The molecule has 27 heavy (non-hydrogen) atoms. The number of hydrazine groups is 1. The van der Waals surface area contributed by atoms with Crippen LogP contribution in [0.3, 0.4) is 0 Å². The first-order chi connectivity index (χ1) is 12.1. The Kier molecular flexibility index (Phi) is 7.01. The summed E-state index contributed by atoms with van der Waals surface area (Å²) in [7, 11) is 0. The largest absolute Gasteiger partial charge is 0.442 e. The van der Waals surface area contributed by atoms with E-state index in [1.165, 1.54) is 39.8 Å². The standard InChI is InChI=1S/C17H20ClF3N2O4/c1-9(24)10-5-6-13(18)11(7-10)12(8-17(19,20)21)14(25)23(22)15(26)27-16(2,3)4/h5-7,12H,8,22H2,1-4H3. The molecule has 150 valence electrons. The molecule has 6 nitrogen and oxygen atoms in total. The summed E-state index contributed by atoms with van der Waals surface area (Å²) < 4.78 is 44.0. The fourth-order valence-electron chi connectivity index (χ4n) is 2.16. The summed E-state index contributed by atoms with van der Waals surface area (Å²) >= 11 is 5.95. The number of ether oxygens (including phenoxy) is 1. The Labute approximate surface area is 159 Å².